The molecule has 1 aromatic rings. The van der Waals surface area contributed by atoms with Gasteiger partial charge in [-0.3, -0.25) is 4.79 Å². The van der Waals surface area contributed by atoms with Crippen LogP contribution in [0.4, 0.5) is 0 Å². The van der Waals surface area contributed by atoms with Gasteiger partial charge in [-0.15, -0.1) is 0 Å². The van der Waals surface area contributed by atoms with Crippen LogP contribution in [0.5, 0.6) is 0 Å². The lowest BCUT2D eigenvalue weighted by Crippen LogP contribution is -2.04. The molecule has 0 saturated heterocycles. The van der Waals surface area contributed by atoms with Crippen molar-refractivity contribution in [3.05, 3.63) is 53.6 Å². The number of benzene rings is 1. The Morgan fingerprint density at radius 3 is 2.30 bits per heavy atom. The third-order valence-corrected chi connectivity index (χ3v) is 4.71. The fourth-order valence-corrected chi connectivity index (χ4v) is 3.28. The van der Waals surface area contributed by atoms with Crippen LogP contribution in [0.2, 0.25) is 0 Å². The molecular weight excluding hydrogens is 280 g/mol. The standard InChI is InChI=1S/C22H30O/c1-3-4-5-9-12-22(17-19-10-7-6-8-11-19)21-15-13-20(14-16-21)18(2)23/h5,9,13-17,19H,3-4,6-8,10-12H2,1-2H3/b9-5+,22-17+. The van der Waals surface area contributed by atoms with Crippen LogP contribution in [0.15, 0.2) is 42.5 Å². The molecule has 0 N–H and O–H groups in total. The van der Waals surface area contributed by atoms with Gasteiger partial charge in [-0.05, 0) is 49.7 Å². The smallest absolute Gasteiger partial charge is 0.159 e. The van der Waals surface area contributed by atoms with Crippen LogP contribution in [-0.4, -0.2) is 5.78 Å². The van der Waals surface area contributed by atoms with Crippen molar-refractivity contribution >= 4 is 11.4 Å². The number of hydrogen-bond donors (Lipinski definition) is 0. The molecule has 0 atom stereocenters. The van der Waals surface area contributed by atoms with Crippen molar-refractivity contribution < 1.29 is 4.79 Å². The largest absolute Gasteiger partial charge is 0.295 e. The summed E-state index contributed by atoms with van der Waals surface area (Å²) in [5.74, 6) is 0.864. The van der Waals surface area contributed by atoms with E-state index < -0.39 is 0 Å². The second kappa shape index (κ2) is 9.50. The maximum Gasteiger partial charge on any atom is 0.159 e. The Labute approximate surface area is 141 Å². The molecule has 1 nitrogen and oxygen atoms in total. The lowest BCUT2D eigenvalue weighted by Gasteiger charge is -2.20. The minimum absolute atomic E-state index is 0.136. The van der Waals surface area contributed by atoms with Gasteiger partial charge in [0.05, 0.1) is 0 Å². The maximum atomic E-state index is 11.5. The van der Waals surface area contributed by atoms with Gasteiger partial charge in [0.15, 0.2) is 5.78 Å². The van der Waals surface area contributed by atoms with E-state index in [0.717, 1.165) is 24.3 Å². The predicted molar refractivity (Wildman–Crippen MR) is 99.7 cm³/mol. The van der Waals surface area contributed by atoms with Crippen molar-refractivity contribution in [3.8, 4) is 0 Å². The van der Waals surface area contributed by atoms with Gasteiger partial charge in [-0.25, -0.2) is 0 Å². The Morgan fingerprint density at radius 1 is 1.04 bits per heavy atom. The summed E-state index contributed by atoms with van der Waals surface area (Å²) < 4.78 is 0. The summed E-state index contributed by atoms with van der Waals surface area (Å²) in [6, 6.07) is 8.14. The molecular formula is C22H30O. The fourth-order valence-electron chi connectivity index (χ4n) is 3.28. The lowest BCUT2D eigenvalue weighted by molar-refractivity contribution is 0.101. The van der Waals surface area contributed by atoms with Crippen LogP contribution >= 0.6 is 0 Å². The number of allylic oxidation sites excluding steroid dienone is 4. The van der Waals surface area contributed by atoms with Crippen molar-refractivity contribution in [2.24, 2.45) is 5.92 Å². The van der Waals surface area contributed by atoms with E-state index >= 15 is 0 Å². The highest BCUT2D eigenvalue weighted by atomic mass is 16.1. The topological polar surface area (TPSA) is 17.1 Å². The van der Waals surface area contributed by atoms with E-state index in [0.29, 0.717) is 0 Å². The number of carbonyl (C=O) groups excluding carboxylic acids is 1. The van der Waals surface area contributed by atoms with Gasteiger partial charge in [0.2, 0.25) is 0 Å². The first-order valence-electron chi connectivity index (χ1n) is 9.17. The van der Waals surface area contributed by atoms with E-state index in [2.05, 4.69) is 37.3 Å². The van der Waals surface area contributed by atoms with Gasteiger partial charge in [0, 0.05) is 5.56 Å². The Kier molecular flexibility index (Phi) is 7.32. The predicted octanol–water partition coefficient (Wildman–Crippen LogP) is 6.60. The second-order valence-electron chi connectivity index (χ2n) is 6.69. The molecule has 0 aliphatic heterocycles. The number of rotatable bonds is 7. The van der Waals surface area contributed by atoms with Crippen LogP contribution in [0.25, 0.3) is 5.57 Å². The lowest BCUT2D eigenvalue weighted by atomic mass is 9.86. The first-order chi connectivity index (χ1) is 11.2. The molecule has 0 heterocycles. The van der Waals surface area contributed by atoms with Crippen LogP contribution in [0.1, 0.15) is 81.1 Å². The summed E-state index contributed by atoms with van der Waals surface area (Å²) in [6.07, 6.45) is 17.2. The van der Waals surface area contributed by atoms with Gasteiger partial charge in [-0.1, -0.05) is 75.1 Å². The zero-order valence-corrected chi connectivity index (χ0v) is 14.7. The second-order valence-corrected chi connectivity index (χ2v) is 6.69. The van der Waals surface area contributed by atoms with Crippen molar-refractivity contribution in [2.75, 3.05) is 0 Å². The molecule has 0 bridgehead atoms. The minimum atomic E-state index is 0.136. The van der Waals surface area contributed by atoms with Crippen molar-refractivity contribution in [1.82, 2.24) is 0 Å². The maximum absolute atomic E-state index is 11.5. The van der Waals surface area contributed by atoms with Gasteiger partial charge in [0.25, 0.3) is 0 Å². The molecule has 1 aliphatic rings. The number of Topliss-reactive ketones (excluding diaryl/α,β-unsaturated/α-hetero) is 1. The molecule has 0 amide bonds. The minimum Gasteiger partial charge on any atom is -0.295 e. The normalized spacial score (nSPS) is 16.9. The van der Waals surface area contributed by atoms with Crippen molar-refractivity contribution in [2.45, 2.75) is 65.2 Å². The van der Waals surface area contributed by atoms with Gasteiger partial charge in [0.1, 0.15) is 0 Å². The Balaban J connectivity index is 2.17. The first kappa shape index (κ1) is 17.7. The number of ketones is 1. The van der Waals surface area contributed by atoms with Crippen LogP contribution < -0.4 is 0 Å². The molecule has 124 valence electrons. The zero-order valence-electron chi connectivity index (χ0n) is 14.7. The molecule has 0 spiro atoms. The highest BCUT2D eigenvalue weighted by Crippen LogP contribution is 2.29. The van der Waals surface area contributed by atoms with E-state index in [1.165, 1.54) is 49.7 Å². The van der Waals surface area contributed by atoms with E-state index in [4.69, 9.17) is 0 Å². The molecule has 23 heavy (non-hydrogen) atoms. The average molecular weight is 310 g/mol. The van der Waals surface area contributed by atoms with Gasteiger partial charge < -0.3 is 0 Å². The van der Waals surface area contributed by atoms with Crippen LogP contribution in [0.3, 0.4) is 0 Å². The molecule has 1 aromatic carbocycles. The quantitative estimate of drug-likeness (QED) is 0.409. The summed E-state index contributed by atoms with van der Waals surface area (Å²) in [6.45, 7) is 3.84. The molecule has 1 aliphatic carbocycles. The summed E-state index contributed by atoms with van der Waals surface area (Å²) >= 11 is 0. The third-order valence-electron chi connectivity index (χ3n) is 4.71. The molecule has 0 radical (unpaired) electrons. The highest BCUT2D eigenvalue weighted by molar-refractivity contribution is 5.94. The molecule has 1 heteroatoms. The van der Waals surface area contributed by atoms with Crippen LogP contribution in [0, 0.1) is 5.92 Å². The van der Waals surface area contributed by atoms with E-state index in [1.807, 2.05) is 12.1 Å². The van der Waals surface area contributed by atoms with Gasteiger partial charge >= 0.3 is 0 Å². The number of hydrogen-bond acceptors (Lipinski definition) is 1. The van der Waals surface area contributed by atoms with E-state index in [9.17, 15) is 4.79 Å². The Hall–Kier alpha value is -1.63. The molecule has 2 rings (SSSR count). The average Bonchev–Trinajstić information content (AvgIpc) is 2.58. The monoisotopic (exact) mass is 310 g/mol. The summed E-state index contributed by atoms with van der Waals surface area (Å²) in [5, 5.41) is 0. The highest BCUT2D eigenvalue weighted by Gasteiger charge is 2.12. The van der Waals surface area contributed by atoms with Gasteiger partial charge in [-0.2, -0.15) is 0 Å². The first-order valence-corrected chi connectivity index (χ1v) is 9.17. The summed E-state index contributed by atoms with van der Waals surface area (Å²) in [7, 11) is 0. The van der Waals surface area contributed by atoms with Crippen molar-refractivity contribution in [3.63, 3.8) is 0 Å². The summed E-state index contributed by atoms with van der Waals surface area (Å²) in [4.78, 5) is 11.5. The molecule has 1 fully saturated rings. The molecule has 0 aromatic heterocycles. The SMILES string of the molecule is CCC/C=C/C/C(=C\C1CCCCC1)c1ccc(C(C)=O)cc1. The third kappa shape index (κ3) is 5.82. The Morgan fingerprint density at radius 2 is 1.70 bits per heavy atom. The van der Waals surface area contributed by atoms with E-state index in [1.54, 1.807) is 6.92 Å². The zero-order chi connectivity index (χ0) is 16.5. The summed E-state index contributed by atoms with van der Waals surface area (Å²) in [5.41, 5.74) is 3.48. The molecule has 0 unspecified atom stereocenters. The van der Waals surface area contributed by atoms with Crippen molar-refractivity contribution in [1.29, 1.82) is 0 Å². The van der Waals surface area contributed by atoms with Crippen LogP contribution in [-0.2, 0) is 0 Å². The number of unbranched alkanes of at least 4 members (excludes halogenated alkanes) is 1. The Bertz CT molecular complexity index is 542. The fraction of sp³-hybridized carbons (Fsp3) is 0.500. The number of carbonyl (C=O) groups is 1. The molecule has 1 saturated carbocycles. The van der Waals surface area contributed by atoms with E-state index in [-0.39, 0.29) is 5.78 Å².